The van der Waals surface area contributed by atoms with Gasteiger partial charge in [-0.15, -0.1) is 0 Å². The van der Waals surface area contributed by atoms with Gasteiger partial charge >= 0.3 is 0 Å². The van der Waals surface area contributed by atoms with Crippen molar-refractivity contribution in [2.75, 3.05) is 19.0 Å². The molecule has 0 aliphatic carbocycles. The van der Waals surface area contributed by atoms with Crippen LogP contribution in [0.1, 0.15) is 24.1 Å². The van der Waals surface area contributed by atoms with Gasteiger partial charge in [-0.1, -0.05) is 66.2 Å². The molecule has 0 aromatic heterocycles. The van der Waals surface area contributed by atoms with E-state index in [0.717, 1.165) is 11.1 Å². The second-order valence-electron chi connectivity index (χ2n) is 6.77. The van der Waals surface area contributed by atoms with Gasteiger partial charge < -0.3 is 10.1 Å². The molecule has 0 spiro atoms. The predicted molar refractivity (Wildman–Crippen MR) is 118 cm³/mol. The number of para-hydroxylation sites is 2. The highest BCUT2D eigenvalue weighted by Crippen LogP contribution is 2.28. The molecule has 1 N–H and O–H groups in total. The molecule has 0 saturated carbocycles. The number of halogens is 1. The summed E-state index contributed by atoms with van der Waals surface area (Å²) >= 11 is 6.00. The summed E-state index contributed by atoms with van der Waals surface area (Å²) in [5.74, 6) is 0.551. The maximum Gasteiger partial charge on any atom is 0.246 e. The first-order valence-corrected chi connectivity index (χ1v) is 9.98. The number of carbonyl (C=O) groups is 1. The lowest BCUT2D eigenvalue weighted by molar-refractivity contribution is -0.121. The Morgan fingerprint density at radius 3 is 2.34 bits per heavy atom. The largest absolute Gasteiger partial charge is 0.492 e. The SMILES string of the molecule is CCOc1ccccc1NC(=O)[C@@H](c1ccccc1)N(C)Cc1ccc(Cl)cc1. The first-order chi connectivity index (χ1) is 14.1. The van der Waals surface area contributed by atoms with Gasteiger partial charge in [0, 0.05) is 11.6 Å². The van der Waals surface area contributed by atoms with E-state index >= 15 is 0 Å². The monoisotopic (exact) mass is 408 g/mol. The van der Waals surface area contributed by atoms with Crippen molar-refractivity contribution in [3.05, 3.63) is 95.0 Å². The molecule has 0 saturated heterocycles. The van der Waals surface area contributed by atoms with E-state index < -0.39 is 6.04 Å². The van der Waals surface area contributed by atoms with E-state index in [1.54, 1.807) is 0 Å². The van der Waals surface area contributed by atoms with Crippen molar-refractivity contribution in [2.45, 2.75) is 19.5 Å². The van der Waals surface area contributed by atoms with Crippen LogP contribution in [0.25, 0.3) is 0 Å². The van der Waals surface area contributed by atoms with Crippen molar-refractivity contribution < 1.29 is 9.53 Å². The Morgan fingerprint density at radius 1 is 1.00 bits per heavy atom. The molecule has 3 aromatic rings. The molecule has 3 aromatic carbocycles. The van der Waals surface area contributed by atoms with Crippen molar-refractivity contribution in [3.8, 4) is 5.75 Å². The average molecular weight is 409 g/mol. The number of anilines is 1. The summed E-state index contributed by atoms with van der Waals surface area (Å²) in [5.41, 5.74) is 2.68. The summed E-state index contributed by atoms with van der Waals surface area (Å²) < 4.78 is 5.65. The first-order valence-electron chi connectivity index (χ1n) is 9.60. The summed E-state index contributed by atoms with van der Waals surface area (Å²) in [6, 6.07) is 24.5. The predicted octanol–water partition coefficient (Wildman–Crippen LogP) is 5.55. The van der Waals surface area contributed by atoms with Crippen LogP contribution in [-0.2, 0) is 11.3 Å². The lowest BCUT2D eigenvalue weighted by Gasteiger charge is -2.28. The van der Waals surface area contributed by atoms with Gasteiger partial charge in [0.25, 0.3) is 0 Å². The molecule has 0 bridgehead atoms. The van der Waals surface area contributed by atoms with Crippen LogP contribution >= 0.6 is 11.6 Å². The Morgan fingerprint density at radius 2 is 1.66 bits per heavy atom. The van der Waals surface area contributed by atoms with Gasteiger partial charge in [0.1, 0.15) is 11.8 Å². The van der Waals surface area contributed by atoms with Crippen LogP contribution in [0.2, 0.25) is 5.02 Å². The first kappa shape index (κ1) is 20.9. The Hall–Kier alpha value is -2.82. The number of rotatable bonds is 8. The quantitative estimate of drug-likeness (QED) is 0.531. The third-order valence-electron chi connectivity index (χ3n) is 4.59. The van der Waals surface area contributed by atoms with E-state index in [9.17, 15) is 4.79 Å². The fraction of sp³-hybridized carbons (Fsp3) is 0.208. The van der Waals surface area contributed by atoms with E-state index in [-0.39, 0.29) is 5.91 Å². The molecule has 29 heavy (non-hydrogen) atoms. The fourth-order valence-corrected chi connectivity index (χ4v) is 3.39. The number of hydrogen-bond donors (Lipinski definition) is 1. The van der Waals surface area contributed by atoms with Gasteiger partial charge in [-0.05, 0) is 49.4 Å². The number of benzene rings is 3. The number of nitrogens with zero attached hydrogens (tertiary/aromatic N) is 1. The molecule has 0 unspecified atom stereocenters. The molecule has 0 radical (unpaired) electrons. The second-order valence-corrected chi connectivity index (χ2v) is 7.21. The summed E-state index contributed by atoms with van der Waals surface area (Å²) in [4.78, 5) is 15.4. The molecule has 4 nitrogen and oxygen atoms in total. The van der Waals surface area contributed by atoms with Gasteiger partial charge in [-0.2, -0.15) is 0 Å². The number of nitrogens with one attached hydrogen (secondary N) is 1. The molecule has 1 amide bonds. The van der Waals surface area contributed by atoms with E-state index in [0.29, 0.717) is 29.6 Å². The number of hydrogen-bond acceptors (Lipinski definition) is 3. The Labute approximate surface area is 177 Å². The van der Waals surface area contributed by atoms with Crippen molar-refractivity contribution >= 4 is 23.2 Å². The molecule has 5 heteroatoms. The third-order valence-corrected chi connectivity index (χ3v) is 4.85. The lowest BCUT2D eigenvalue weighted by atomic mass is 10.0. The summed E-state index contributed by atoms with van der Waals surface area (Å²) in [5, 5.41) is 3.74. The lowest BCUT2D eigenvalue weighted by Crippen LogP contribution is -2.34. The third kappa shape index (κ3) is 5.59. The zero-order chi connectivity index (χ0) is 20.6. The molecular formula is C24H25ClN2O2. The molecule has 0 heterocycles. The number of amides is 1. The van der Waals surface area contributed by atoms with Gasteiger partial charge in [0.05, 0.1) is 12.3 Å². The van der Waals surface area contributed by atoms with E-state index in [1.165, 1.54) is 0 Å². The Balaban J connectivity index is 1.85. The molecular weight excluding hydrogens is 384 g/mol. The number of likely N-dealkylation sites (N-methyl/N-ethyl adjacent to an activating group) is 1. The number of carbonyl (C=O) groups excluding carboxylic acids is 1. The maximum atomic E-state index is 13.3. The summed E-state index contributed by atoms with van der Waals surface area (Å²) in [7, 11) is 1.94. The van der Waals surface area contributed by atoms with E-state index in [1.807, 2.05) is 97.7 Å². The van der Waals surface area contributed by atoms with Gasteiger partial charge in [-0.25, -0.2) is 0 Å². The average Bonchev–Trinajstić information content (AvgIpc) is 2.72. The topological polar surface area (TPSA) is 41.6 Å². The van der Waals surface area contributed by atoms with Crippen LogP contribution in [0.3, 0.4) is 0 Å². The van der Waals surface area contributed by atoms with Gasteiger partial charge in [-0.3, -0.25) is 9.69 Å². The second kappa shape index (κ2) is 10.1. The molecule has 150 valence electrons. The molecule has 3 rings (SSSR count). The summed E-state index contributed by atoms with van der Waals surface area (Å²) in [6.07, 6.45) is 0. The standard InChI is InChI=1S/C24H25ClN2O2/c1-3-29-22-12-8-7-11-21(22)26-24(28)23(19-9-5-4-6-10-19)27(2)17-18-13-15-20(25)16-14-18/h4-16,23H,3,17H2,1-2H3,(H,26,28)/t23-/m1/s1. The van der Waals surface area contributed by atoms with Crippen LogP contribution in [-0.4, -0.2) is 24.5 Å². The normalized spacial score (nSPS) is 11.9. The molecule has 0 aliphatic rings. The molecule has 0 fully saturated rings. The van der Waals surface area contributed by atoms with Crippen molar-refractivity contribution in [1.29, 1.82) is 0 Å². The van der Waals surface area contributed by atoms with Crippen molar-refractivity contribution in [2.24, 2.45) is 0 Å². The minimum absolute atomic E-state index is 0.111. The van der Waals surface area contributed by atoms with Crippen molar-refractivity contribution in [3.63, 3.8) is 0 Å². The van der Waals surface area contributed by atoms with Crippen LogP contribution in [0.15, 0.2) is 78.9 Å². The Kier molecular flexibility index (Phi) is 7.28. The smallest absolute Gasteiger partial charge is 0.246 e. The zero-order valence-corrected chi connectivity index (χ0v) is 17.4. The van der Waals surface area contributed by atoms with Crippen LogP contribution < -0.4 is 10.1 Å². The van der Waals surface area contributed by atoms with E-state index in [4.69, 9.17) is 16.3 Å². The Bertz CT molecular complexity index is 929. The minimum atomic E-state index is -0.457. The molecule has 0 aliphatic heterocycles. The van der Waals surface area contributed by atoms with Gasteiger partial charge in [0.2, 0.25) is 5.91 Å². The van der Waals surface area contributed by atoms with Crippen LogP contribution in [0.5, 0.6) is 5.75 Å². The highest BCUT2D eigenvalue weighted by molar-refractivity contribution is 6.30. The zero-order valence-electron chi connectivity index (χ0n) is 16.6. The highest BCUT2D eigenvalue weighted by atomic mass is 35.5. The number of ether oxygens (including phenoxy) is 1. The van der Waals surface area contributed by atoms with Crippen molar-refractivity contribution in [1.82, 2.24) is 4.90 Å². The van der Waals surface area contributed by atoms with Crippen LogP contribution in [0.4, 0.5) is 5.69 Å². The van der Waals surface area contributed by atoms with Gasteiger partial charge in [0.15, 0.2) is 0 Å². The molecule has 1 atom stereocenters. The van der Waals surface area contributed by atoms with E-state index in [2.05, 4.69) is 5.32 Å². The maximum absolute atomic E-state index is 13.3. The minimum Gasteiger partial charge on any atom is -0.492 e. The summed E-state index contributed by atoms with van der Waals surface area (Å²) in [6.45, 7) is 3.06. The highest BCUT2D eigenvalue weighted by Gasteiger charge is 2.26. The van der Waals surface area contributed by atoms with Crippen LogP contribution in [0, 0.1) is 0 Å². The fourth-order valence-electron chi connectivity index (χ4n) is 3.26.